The van der Waals surface area contributed by atoms with Crippen LogP contribution in [0.25, 0.3) is 11.1 Å². The maximum atomic E-state index is 13.3. The van der Waals surface area contributed by atoms with Crippen LogP contribution in [0.15, 0.2) is 60.9 Å². The summed E-state index contributed by atoms with van der Waals surface area (Å²) in [6.07, 6.45) is 7.05. The zero-order chi connectivity index (χ0) is 24.0. The third-order valence-corrected chi connectivity index (χ3v) is 6.42. The van der Waals surface area contributed by atoms with E-state index < -0.39 is 0 Å². The zero-order valence-corrected chi connectivity index (χ0v) is 19.6. The van der Waals surface area contributed by atoms with Crippen molar-refractivity contribution >= 4 is 5.91 Å². The Hall–Kier alpha value is -3.45. The molecule has 1 amide bonds. The van der Waals surface area contributed by atoms with Crippen LogP contribution >= 0.6 is 0 Å². The highest BCUT2D eigenvalue weighted by molar-refractivity contribution is 5.79. The Labute approximate surface area is 204 Å². The van der Waals surface area contributed by atoms with E-state index in [2.05, 4.69) is 4.98 Å². The van der Waals surface area contributed by atoms with E-state index in [1.165, 1.54) is 12.1 Å². The van der Waals surface area contributed by atoms with Crippen LogP contribution in [0.5, 0.6) is 11.5 Å². The predicted octanol–water partition coefficient (Wildman–Crippen LogP) is 4.80. The fourth-order valence-electron chi connectivity index (χ4n) is 4.51. The van der Waals surface area contributed by atoms with Gasteiger partial charge in [-0.05, 0) is 60.7 Å². The summed E-state index contributed by atoms with van der Waals surface area (Å²) in [5.41, 5.74) is 3.58. The maximum Gasteiger partial charge on any atom is 0.227 e. The van der Waals surface area contributed by atoms with Crippen LogP contribution in [0.1, 0.15) is 30.4 Å². The van der Waals surface area contributed by atoms with Crippen LogP contribution < -0.4 is 9.47 Å². The predicted molar refractivity (Wildman–Crippen MR) is 130 cm³/mol. The molecule has 1 unspecified atom stereocenters. The topological polar surface area (TPSA) is 60.9 Å². The van der Waals surface area contributed by atoms with E-state index in [9.17, 15) is 9.18 Å². The fraction of sp³-hybridized carbons (Fsp3) is 0.357. The molecule has 7 heteroatoms. The monoisotopic (exact) mass is 476 g/mol. The first-order chi connectivity index (χ1) is 17.2. The van der Waals surface area contributed by atoms with Crippen molar-refractivity contribution in [2.24, 2.45) is 0 Å². The van der Waals surface area contributed by atoms with Crippen LogP contribution in [0.4, 0.5) is 4.39 Å². The summed E-state index contributed by atoms with van der Waals surface area (Å²) in [6.45, 7) is 2.45. The lowest BCUT2D eigenvalue weighted by Crippen LogP contribution is -2.33. The number of aromatic nitrogens is 1. The normalized spacial score (nSPS) is 17.7. The van der Waals surface area contributed by atoms with Gasteiger partial charge in [-0.15, -0.1) is 0 Å². The third-order valence-electron chi connectivity index (χ3n) is 6.42. The van der Waals surface area contributed by atoms with Crippen molar-refractivity contribution < 1.29 is 23.4 Å². The fourth-order valence-corrected chi connectivity index (χ4v) is 4.51. The summed E-state index contributed by atoms with van der Waals surface area (Å²) in [4.78, 5) is 19.1. The van der Waals surface area contributed by atoms with Crippen LogP contribution in [-0.2, 0) is 22.5 Å². The molecule has 0 saturated carbocycles. The minimum Gasteiger partial charge on any atom is -0.487 e. The van der Waals surface area contributed by atoms with Gasteiger partial charge in [0.2, 0.25) is 5.91 Å². The second-order valence-corrected chi connectivity index (χ2v) is 8.97. The van der Waals surface area contributed by atoms with E-state index in [-0.39, 0.29) is 24.2 Å². The first-order valence-electron chi connectivity index (χ1n) is 12.1. The average molecular weight is 477 g/mol. The van der Waals surface area contributed by atoms with E-state index in [0.29, 0.717) is 37.8 Å². The van der Waals surface area contributed by atoms with Gasteiger partial charge in [-0.1, -0.05) is 18.2 Å². The van der Waals surface area contributed by atoms with Gasteiger partial charge < -0.3 is 19.1 Å². The summed E-state index contributed by atoms with van der Waals surface area (Å²) in [6, 6.07) is 14.0. The Bertz CT molecular complexity index is 1150. The number of rotatable bonds is 6. The second kappa shape index (κ2) is 10.9. The van der Waals surface area contributed by atoms with Gasteiger partial charge >= 0.3 is 0 Å². The van der Waals surface area contributed by atoms with Crippen LogP contribution in [0.2, 0.25) is 0 Å². The van der Waals surface area contributed by atoms with Crippen molar-refractivity contribution in [2.75, 3.05) is 26.4 Å². The van der Waals surface area contributed by atoms with Crippen molar-refractivity contribution in [3.63, 3.8) is 0 Å². The molecule has 35 heavy (non-hydrogen) atoms. The van der Waals surface area contributed by atoms with E-state index in [1.807, 2.05) is 30.5 Å². The summed E-state index contributed by atoms with van der Waals surface area (Å²) >= 11 is 0. The first kappa shape index (κ1) is 23.3. The molecule has 3 heterocycles. The molecule has 0 aliphatic carbocycles. The molecule has 2 aliphatic heterocycles. The largest absolute Gasteiger partial charge is 0.487 e. The number of benzene rings is 2. The Balaban J connectivity index is 1.40. The SMILES string of the molecule is O=C(Cc1ccc(F)cc1)N1CCOc2c(cc(-c3cccnc3)cc2OCC2CCCCO2)C1. The molecule has 0 spiro atoms. The highest BCUT2D eigenvalue weighted by Gasteiger charge is 2.25. The van der Waals surface area contributed by atoms with Crippen LogP contribution in [0, 0.1) is 5.82 Å². The molecular formula is C28H29FN2O4. The highest BCUT2D eigenvalue weighted by atomic mass is 19.1. The summed E-state index contributed by atoms with van der Waals surface area (Å²) in [5, 5.41) is 0. The standard InChI is InChI=1S/C28H29FN2O4/c29-24-8-6-20(7-9-24)14-27(32)31-11-13-34-28-23(18-31)15-22(21-4-3-10-30-17-21)16-26(28)35-19-25-5-1-2-12-33-25/h3-4,6-10,15-17,25H,1-2,5,11-14,18-19H2. The molecule has 0 N–H and O–H groups in total. The molecule has 5 rings (SSSR count). The molecule has 0 radical (unpaired) electrons. The lowest BCUT2D eigenvalue weighted by Gasteiger charge is -2.24. The quantitative estimate of drug-likeness (QED) is 0.512. The highest BCUT2D eigenvalue weighted by Crippen LogP contribution is 2.39. The molecule has 1 aromatic heterocycles. The minimum atomic E-state index is -0.313. The number of hydrogen-bond donors (Lipinski definition) is 0. The number of halogens is 1. The van der Waals surface area contributed by atoms with E-state index in [1.54, 1.807) is 23.2 Å². The van der Waals surface area contributed by atoms with Gasteiger partial charge in [0.15, 0.2) is 11.5 Å². The number of pyridine rings is 1. The molecule has 182 valence electrons. The third kappa shape index (κ3) is 5.80. The van der Waals surface area contributed by atoms with Gasteiger partial charge in [0, 0.05) is 36.7 Å². The van der Waals surface area contributed by atoms with Crippen LogP contribution in [-0.4, -0.2) is 48.3 Å². The summed E-state index contributed by atoms with van der Waals surface area (Å²) in [5.74, 6) is 0.985. The first-order valence-corrected chi connectivity index (χ1v) is 12.1. The molecule has 1 atom stereocenters. The lowest BCUT2D eigenvalue weighted by atomic mass is 10.0. The lowest BCUT2D eigenvalue weighted by molar-refractivity contribution is -0.131. The van der Waals surface area contributed by atoms with Gasteiger partial charge in [0.05, 0.1) is 19.1 Å². The van der Waals surface area contributed by atoms with Gasteiger partial charge in [0.1, 0.15) is 19.0 Å². The molecule has 3 aromatic rings. The minimum absolute atomic E-state index is 0.0297. The molecule has 1 fully saturated rings. The average Bonchev–Trinajstić information content (AvgIpc) is 3.12. The molecular weight excluding hydrogens is 447 g/mol. The zero-order valence-electron chi connectivity index (χ0n) is 19.6. The van der Waals surface area contributed by atoms with Gasteiger partial charge in [0.25, 0.3) is 0 Å². The molecule has 2 aliphatic rings. The van der Waals surface area contributed by atoms with Gasteiger partial charge in [-0.25, -0.2) is 4.39 Å². The maximum absolute atomic E-state index is 13.3. The van der Waals surface area contributed by atoms with E-state index in [4.69, 9.17) is 14.2 Å². The molecule has 2 aromatic carbocycles. The number of hydrogen-bond acceptors (Lipinski definition) is 5. The van der Waals surface area contributed by atoms with Gasteiger partial charge in [-0.3, -0.25) is 9.78 Å². The smallest absolute Gasteiger partial charge is 0.227 e. The number of nitrogens with zero attached hydrogens (tertiary/aromatic N) is 2. The number of ether oxygens (including phenoxy) is 3. The Kier molecular flexibility index (Phi) is 7.23. The van der Waals surface area contributed by atoms with Crippen molar-refractivity contribution in [1.29, 1.82) is 0 Å². The van der Waals surface area contributed by atoms with Crippen molar-refractivity contribution in [3.8, 4) is 22.6 Å². The van der Waals surface area contributed by atoms with E-state index >= 15 is 0 Å². The van der Waals surface area contributed by atoms with Crippen molar-refractivity contribution in [1.82, 2.24) is 9.88 Å². The Morgan fingerprint density at radius 3 is 2.77 bits per heavy atom. The Morgan fingerprint density at radius 2 is 2.00 bits per heavy atom. The summed E-state index contributed by atoms with van der Waals surface area (Å²) in [7, 11) is 0. The number of carbonyl (C=O) groups is 1. The second-order valence-electron chi connectivity index (χ2n) is 8.97. The van der Waals surface area contributed by atoms with E-state index in [0.717, 1.165) is 48.1 Å². The summed E-state index contributed by atoms with van der Waals surface area (Å²) < 4.78 is 31.5. The van der Waals surface area contributed by atoms with Crippen molar-refractivity contribution in [3.05, 3.63) is 77.9 Å². The number of carbonyl (C=O) groups excluding carboxylic acids is 1. The van der Waals surface area contributed by atoms with Crippen LogP contribution in [0.3, 0.4) is 0 Å². The number of fused-ring (bicyclic) bond motifs is 1. The Morgan fingerprint density at radius 1 is 1.11 bits per heavy atom. The van der Waals surface area contributed by atoms with Gasteiger partial charge in [-0.2, -0.15) is 0 Å². The molecule has 1 saturated heterocycles. The molecule has 6 nitrogen and oxygen atoms in total. The number of amides is 1. The molecule has 0 bridgehead atoms. The van der Waals surface area contributed by atoms with Crippen molar-refractivity contribution in [2.45, 2.75) is 38.3 Å².